The van der Waals surface area contributed by atoms with E-state index in [0.717, 1.165) is 16.8 Å². The van der Waals surface area contributed by atoms with E-state index in [1.54, 1.807) is 18.3 Å². The average Bonchev–Trinajstić information content (AvgIpc) is 2.79. The third-order valence-corrected chi connectivity index (χ3v) is 4.59. The normalized spacial score (nSPS) is 10.9. The molecule has 0 aliphatic rings. The standard InChI is InChI=1S/C24H19N5O3/c1-15-5-4-6-16(13-15)26-24-25-12-11-20(27-24)18-7-2-3-8-21(18)29-28-17-9-10-22(30)19(14-17)23(31)32/h2-14,30H,1H3,(H,31,32)(H,25,26,27)/b29-28+. The quantitative estimate of drug-likeness (QED) is 0.325. The fourth-order valence-corrected chi connectivity index (χ4v) is 3.07. The third-order valence-electron chi connectivity index (χ3n) is 4.59. The molecule has 0 aliphatic heterocycles. The molecule has 0 amide bonds. The van der Waals surface area contributed by atoms with E-state index in [1.165, 1.54) is 18.2 Å². The third kappa shape index (κ3) is 4.76. The van der Waals surface area contributed by atoms with Crippen LogP contribution in [0.4, 0.5) is 23.0 Å². The fourth-order valence-electron chi connectivity index (χ4n) is 3.07. The summed E-state index contributed by atoms with van der Waals surface area (Å²) in [7, 11) is 0. The van der Waals surface area contributed by atoms with E-state index in [1.807, 2.05) is 49.4 Å². The van der Waals surface area contributed by atoms with Crippen molar-refractivity contribution in [3.8, 4) is 17.0 Å². The molecule has 0 saturated carbocycles. The topological polar surface area (TPSA) is 120 Å². The van der Waals surface area contributed by atoms with Gasteiger partial charge in [0, 0.05) is 17.4 Å². The van der Waals surface area contributed by atoms with Crippen LogP contribution in [0.2, 0.25) is 0 Å². The molecule has 0 spiro atoms. The van der Waals surface area contributed by atoms with Gasteiger partial charge in [0.15, 0.2) is 0 Å². The summed E-state index contributed by atoms with van der Waals surface area (Å²) < 4.78 is 0. The minimum Gasteiger partial charge on any atom is -0.507 e. The van der Waals surface area contributed by atoms with Gasteiger partial charge < -0.3 is 15.5 Å². The van der Waals surface area contributed by atoms with Crippen molar-refractivity contribution < 1.29 is 15.0 Å². The molecule has 0 fully saturated rings. The molecule has 1 aromatic heterocycles. The number of aromatic hydroxyl groups is 1. The number of anilines is 2. The van der Waals surface area contributed by atoms with E-state index in [2.05, 4.69) is 25.5 Å². The molecule has 4 aromatic rings. The summed E-state index contributed by atoms with van der Waals surface area (Å²) in [6.07, 6.45) is 1.66. The van der Waals surface area contributed by atoms with Crippen LogP contribution in [0.5, 0.6) is 5.75 Å². The molecule has 1 heterocycles. The molecule has 8 nitrogen and oxygen atoms in total. The molecule has 3 N–H and O–H groups in total. The Labute approximate surface area is 184 Å². The van der Waals surface area contributed by atoms with Crippen molar-refractivity contribution in [2.45, 2.75) is 6.92 Å². The minimum atomic E-state index is -1.24. The Morgan fingerprint density at radius 2 is 1.81 bits per heavy atom. The summed E-state index contributed by atoms with van der Waals surface area (Å²) in [6, 6.07) is 21.1. The Bertz CT molecular complexity index is 1320. The summed E-state index contributed by atoms with van der Waals surface area (Å²) in [4.78, 5) is 20.1. The number of nitrogens with one attached hydrogen (secondary N) is 1. The number of carbonyl (C=O) groups is 1. The van der Waals surface area contributed by atoms with Crippen molar-refractivity contribution in [3.63, 3.8) is 0 Å². The van der Waals surface area contributed by atoms with Gasteiger partial charge in [0.1, 0.15) is 11.3 Å². The van der Waals surface area contributed by atoms with Crippen LogP contribution in [0.1, 0.15) is 15.9 Å². The first-order valence-electron chi connectivity index (χ1n) is 9.74. The number of azo groups is 1. The zero-order valence-electron chi connectivity index (χ0n) is 17.1. The van der Waals surface area contributed by atoms with Crippen molar-refractivity contribution in [1.29, 1.82) is 0 Å². The van der Waals surface area contributed by atoms with Gasteiger partial charge in [-0.05, 0) is 55.0 Å². The Balaban J connectivity index is 1.64. The maximum Gasteiger partial charge on any atom is 0.339 e. The van der Waals surface area contributed by atoms with E-state index in [4.69, 9.17) is 5.11 Å². The lowest BCUT2D eigenvalue weighted by Gasteiger charge is -2.08. The van der Waals surface area contributed by atoms with E-state index >= 15 is 0 Å². The molecule has 0 saturated heterocycles. The number of phenols is 1. The molecular weight excluding hydrogens is 406 g/mol. The minimum absolute atomic E-state index is 0.239. The summed E-state index contributed by atoms with van der Waals surface area (Å²) in [6.45, 7) is 2.01. The van der Waals surface area contributed by atoms with Gasteiger partial charge in [0.05, 0.1) is 17.1 Å². The molecule has 0 unspecified atom stereocenters. The largest absolute Gasteiger partial charge is 0.507 e. The summed E-state index contributed by atoms with van der Waals surface area (Å²) in [5, 5.41) is 30.4. The molecule has 8 heteroatoms. The van der Waals surface area contributed by atoms with Crippen molar-refractivity contribution >= 4 is 29.0 Å². The summed E-state index contributed by atoms with van der Waals surface area (Å²) >= 11 is 0. The smallest absolute Gasteiger partial charge is 0.339 e. The lowest BCUT2D eigenvalue weighted by atomic mass is 10.1. The zero-order valence-corrected chi connectivity index (χ0v) is 17.1. The number of carboxylic acids is 1. The van der Waals surface area contributed by atoms with Gasteiger partial charge in [-0.25, -0.2) is 14.8 Å². The Hall–Kier alpha value is -4.59. The van der Waals surface area contributed by atoms with Crippen LogP contribution >= 0.6 is 0 Å². The first kappa shape index (κ1) is 20.7. The number of benzene rings is 3. The predicted octanol–water partition coefficient (Wildman–Crippen LogP) is 6.01. The van der Waals surface area contributed by atoms with Crippen LogP contribution in [0.3, 0.4) is 0 Å². The highest BCUT2D eigenvalue weighted by atomic mass is 16.4. The highest BCUT2D eigenvalue weighted by molar-refractivity contribution is 5.91. The number of nitrogens with zero attached hydrogens (tertiary/aromatic N) is 4. The number of aryl methyl sites for hydroxylation is 1. The zero-order chi connectivity index (χ0) is 22.5. The van der Waals surface area contributed by atoms with Crippen LogP contribution in [0.15, 0.2) is 89.2 Å². The predicted molar refractivity (Wildman–Crippen MR) is 121 cm³/mol. The van der Waals surface area contributed by atoms with Gasteiger partial charge in [0.25, 0.3) is 0 Å². The highest BCUT2D eigenvalue weighted by Crippen LogP contribution is 2.31. The first-order valence-corrected chi connectivity index (χ1v) is 9.74. The number of hydrogen-bond donors (Lipinski definition) is 3. The molecule has 0 radical (unpaired) electrons. The molecular formula is C24H19N5O3. The average molecular weight is 425 g/mol. The summed E-state index contributed by atoms with van der Waals surface area (Å²) in [5.74, 6) is -1.12. The molecule has 0 aliphatic carbocycles. The fraction of sp³-hybridized carbons (Fsp3) is 0.0417. The van der Waals surface area contributed by atoms with Gasteiger partial charge in [-0.3, -0.25) is 0 Å². The highest BCUT2D eigenvalue weighted by Gasteiger charge is 2.11. The van der Waals surface area contributed by atoms with Crippen LogP contribution in [0.25, 0.3) is 11.3 Å². The Morgan fingerprint density at radius 3 is 2.62 bits per heavy atom. The van der Waals surface area contributed by atoms with Crippen LogP contribution in [-0.4, -0.2) is 26.2 Å². The second kappa shape index (κ2) is 9.05. The molecule has 158 valence electrons. The van der Waals surface area contributed by atoms with Crippen LogP contribution < -0.4 is 5.32 Å². The number of aromatic carboxylic acids is 1. The molecule has 32 heavy (non-hydrogen) atoms. The first-order chi connectivity index (χ1) is 15.5. The second-order valence-electron chi connectivity index (χ2n) is 6.98. The van der Waals surface area contributed by atoms with Crippen molar-refractivity contribution in [1.82, 2.24) is 9.97 Å². The maximum atomic E-state index is 11.2. The molecule has 4 rings (SSSR count). The van der Waals surface area contributed by atoms with E-state index in [0.29, 0.717) is 23.0 Å². The SMILES string of the molecule is Cc1cccc(Nc2nccc(-c3ccccc3/N=N/c3ccc(O)c(C(=O)O)c3)n2)c1. The van der Waals surface area contributed by atoms with Gasteiger partial charge in [0.2, 0.25) is 5.95 Å². The molecule has 0 bridgehead atoms. The van der Waals surface area contributed by atoms with Crippen molar-refractivity contribution in [3.05, 3.63) is 90.1 Å². The number of hydrogen-bond acceptors (Lipinski definition) is 7. The van der Waals surface area contributed by atoms with Crippen molar-refractivity contribution in [2.24, 2.45) is 10.2 Å². The summed E-state index contributed by atoms with van der Waals surface area (Å²) in [5.41, 5.74) is 4.02. The van der Waals surface area contributed by atoms with Gasteiger partial charge >= 0.3 is 5.97 Å². The molecule has 0 atom stereocenters. The van der Waals surface area contributed by atoms with Gasteiger partial charge in [-0.2, -0.15) is 5.11 Å². The van der Waals surface area contributed by atoms with Crippen LogP contribution in [0, 0.1) is 6.92 Å². The van der Waals surface area contributed by atoms with E-state index in [9.17, 15) is 9.90 Å². The van der Waals surface area contributed by atoms with E-state index in [-0.39, 0.29) is 11.3 Å². The van der Waals surface area contributed by atoms with Gasteiger partial charge in [-0.15, -0.1) is 5.11 Å². The Morgan fingerprint density at radius 1 is 0.969 bits per heavy atom. The van der Waals surface area contributed by atoms with Gasteiger partial charge in [-0.1, -0.05) is 30.3 Å². The number of carboxylic acid groups (broad SMARTS) is 1. The maximum absolute atomic E-state index is 11.2. The number of rotatable bonds is 6. The molecule has 3 aromatic carbocycles. The van der Waals surface area contributed by atoms with E-state index < -0.39 is 5.97 Å². The monoisotopic (exact) mass is 425 g/mol. The second-order valence-corrected chi connectivity index (χ2v) is 6.98. The van der Waals surface area contributed by atoms with Crippen LogP contribution in [-0.2, 0) is 0 Å². The van der Waals surface area contributed by atoms with Crippen molar-refractivity contribution in [2.75, 3.05) is 5.32 Å². The Kier molecular flexibility index (Phi) is 5.85. The number of aromatic nitrogens is 2. The lowest BCUT2D eigenvalue weighted by molar-refractivity contribution is 0.0693. The lowest BCUT2D eigenvalue weighted by Crippen LogP contribution is -1.98.